The van der Waals surface area contributed by atoms with Gasteiger partial charge in [0.15, 0.2) is 0 Å². The lowest BCUT2D eigenvalue weighted by Gasteiger charge is -2.24. The molecule has 2 N–H and O–H groups in total. The lowest BCUT2D eigenvalue weighted by molar-refractivity contribution is -0.132. The summed E-state index contributed by atoms with van der Waals surface area (Å²) >= 11 is 0. The van der Waals surface area contributed by atoms with Crippen LogP contribution in [0.25, 0.3) is 0 Å². The van der Waals surface area contributed by atoms with E-state index in [9.17, 15) is 14.0 Å². The van der Waals surface area contributed by atoms with Crippen LogP contribution in [0.4, 0.5) is 9.18 Å². The van der Waals surface area contributed by atoms with Crippen LogP contribution < -0.4 is 10.6 Å². The Hall–Kier alpha value is -2.90. The number of hydrogen-bond donors (Lipinski definition) is 2. The number of carbonyl (C=O) groups excluding carboxylic acids is 2. The molecule has 0 aliphatic carbocycles. The topological polar surface area (TPSA) is 79.3 Å². The maximum Gasteiger partial charge on any atom is 0.315 e. The number of urea groups is 1. The van der Waals surface area contributed by atoms with E-state index in [0.29, 0.717) is 13.0 Å². The second-order valence-electron chi connectivity index (χ2n) is 6.51. The van der Waals surface area contributed by atoms with Gasteiger partial charge in [0.2, 0.25) is 5.91 Å². The van der Waals surface area contributed by atoms with Crippen molar-refractivity contribution in [1.82, 2.24) is 25.3 Å². The smallest absolute Gasteiger partial charge is 0.315 e. The van der Waals surface area contributed by atoms with Gasteiger partial charge in [0.05, 0.1) is 6.20 Å². The molecule has 27 heavy (non-hydrogen) atoms. The highest BCUT2D eigenvalue weighted by Gasteiger charge is 2.23. The number of likely N-dealkylation sites (N-methyl/N-ethyl adjacent to an activating group) is 1. The van der Waals surface area contributed by atoms with E-state index >= 15 is 0 Å². The number of aryl methyl sites for hydroxylation is 1. The Labute approximate surface area is 158 Å². The van der Waals surface area contributed by atoms with E-state index in [-0.39, 0.29) is 18.3 Å². The highest BCUT2D eigenvalue weighted by Crippen LogP contribution is 2.07. The molecule has 146 valence electrons. The Kier molecular flexibility index (Phi) is 7.34. The first-order chi connectivity index (χ1) is 12.9. The van der Waals surface area contributed by atoms with Crippen LogP contribution in [0.1, 0.15) is 30.9 Å². The van der Waals surface area contributed by atoms with Gasteiger partial charge in [0.25, 0.3) is 0 Å². The molecule has 8 heteroatoms. The van der Waals surface area contributed by atoms with E-state index < -0.39 is 12.1 Å². The van der Waals surface area contributed by atoms with Gasteiger partial charge in [-0.15, -0.1) is 0 Å². The van der Waals surface area contributed by atoms with E-state index in [2.05, 4.69) is 15.7 Å². The minimum atomic E-state index is -0.607. The Morgan fingerprint density at radius 2 is 1.96 bits per heavy atom. The van der Waals surface area contributed by atoms with Crippen molar-refractivity contribution in [2.75, 3.05) is 7.05 Å². The molecule has 1 aromatic heterocycles. The molecule has 0 fully saturated rings. The second-order valence-corrected chi connectivity index (χ2v) is 6.51. The quantitative estimate of drug-likeness (QED) is 0.742. The van der Waals surface area contributed by atoms with Crippen molar-refractivity contribution in [3.8, 4) is 0 Å². The summed E-state index contributed by atoms with van der Waals surface area (Å²) in [7, 11) is 3.52. The van der Waals surface area contributed by atoms with Crippen molar-refractivity contribution in [3.05, 3.63) is 53.6 Å². The molecule has 0 aliphatic heterocycles. The molecule has 1 atom stereocenters. The monoisotopic (exact) mass is 375 g/mol. The van der Waals surface area contributed by atoms with Gasteiger partial charge in [-0.1, -0.05) is 25.5 Å². The third-order valence-corrected chi connectivity index (χ3v) is 4.10. The number of nitrogens with one attached hydrogen (secondary N) is 2. The van der Waals surface area contributed by atoms with E-state index in [4.69, 9.17) is 0 Å². The maximum absolute atomic E-state index is 12.9. The van der Waals surface area contributed by atoms with Crippen LogP contribution in [0.15, 0.2) is 36.7 Å². The zero-order valence-electron chi connectivity index (χ0n) is 15.9. The average molecular weight is 375 g/mol. The van der Waals surface area contributed by atoms with Crippen LogP contribution >= 0.6 is 0 Å². The van der Waals surface area contributed by atoms with Crippen molar-refractivity contribution in [2.24, 2.45) is 7.05 Å². The largest absolute Gasteiger partial charge is 0.340 e. The third kappa shape index (κ3) is 6.40. The Morgan fingerprint density at radius 3 is 2.56 bits per heavy atom. The fourth-order valence-electron chi connectivity index (χ4n) is 2.71. The molecule has 2 rings (SSSR count). The molecule has 1 heterocycles. The van der Waals surface area contributed by atoms with Crippen LogP contribution in [0, 0.1) is 5.82 Å². The summed E-state index contributed by atoms with van der Waals surface area (Å²) in [6, 6.07) is 4.85. The number of hydrogen-bond acceptors (Lipinski definition) is 3. The highest BCUT2D eigenvalue weighted by atomic mass is 19.1. The predicted molar refractivity (Wildman–Crippen MR) is 100 cm³/mol. The van der Waals surface area contributed by atoms with Crippen molar-refractivity contribution in [3.63, 3.8) is 0 Å². The van der Waals surface area contributed by atoms with Gasteiger partial charge in [-0.3, -0.25) is 9.48 Å². The molecule has 0 aliphatic rings. The van der Waals surface area contributed by atoms with Gasteiger partial charge in [0, 0.05) is 38.9 Å². The summed E-state index contributed by atoms with van der Waals surface area (Å²) in [4.78, 5) is 26.5. The molecular weight excluding hydrogens is 349 g/mol. The number of carbonyl (C=O) groups is 2. The first-order valence-corrected chi connectivity index (χ1v) is 8.90. The first kappa shape index (κ1) is 20.4. The van der Waals surface area contributed by atoms with Crippen molar-refractivity contribution in [2.45, 2.75) is 38.9 Å². The van der Waals surface area contributed by atoms with Gasteiger partial charge in [0.1, 0.15) is 11.9 Å². The summed E-state index contributed by atoms with van der Waals surface area (Å²) in [5.74, 6) is -0.480. The summed E-state index contributed by atoms with van der Waals surface area (Å²) < 4.78 is 14.6. The Morgan fingerprint density at radius 1 is 1.26 bits per heavy atom. The lowest BCUT2D eigenvalue weighted by Crippen LogP contribution is -2.50. The SMILES string of the molecule is CCCC(NC(=O)NCc1ccc(F)cc1)C(=O)N(C)Cc1cnn(C)c1. The van der Waals surface area contributed by atoms with Crippen LogP contribution in [0.5, 0.6) is 0 Å². The van der Waals surface area contributed by atoms with Crippen LogP contribution in [0.3, 0.4) is 0 Å². The average Bonchev–Trinajstić information content (AvgIpc) is 3.05. The summed E-state index contributed by atoms with van der Waals surface area (Å²) in [6.45, 7) is 2.63. The Bertz CT molecular complexity index is 760. The molecule has 0 spiro atoms. The van der Waals surface area contributed by atoms with Crippen LogP contribution in [0.2, 0.25) is 0 Å². The summed E-state index contributed by atoms with van der Waals surface area (Å²) in [5, 5.41) is 9.53. The minimum absolute atomic E-state index is 0.155. The first-order valence-electron chi connectivity index (χ1n) is 8.90. The number of nitrogens with zero attached hydrogens (tertiary/aromatic N) is 3. The highest BCUT2D eigenvalue weighted by molar-refractivity contribution is 5.86. The van der Waals surface area contributed by atoms with Crippen molar-refractivity contribution < 1.29 is 14.0 Å². The number of aromatic nitrogens is 2. The molecule has 2 aromatic rings. The van der Waals surface area contributed by atoms with Gasteiger partial charge < -0.3 is 15.5 Å². The molecule has 0 saturated heterocycles. The standard InChI is InChI=1S/C19H26FN5O2/c1-4-5-17(18(26)24(2)12-15-11-22-25(3)13-15)23-19(27)21-10-14-6-8-16(20)9-7-14/h6-9,11,13,17H,4-5,10,12H2,1-3H3,(H2,21,23,27). The number of amides is 3. The number of halogens is 1. The van der Waals surface area contributed by atoms with Crippen molar-refractivity contribution >= 4 is 11.9 Å². The van der Waals surface area contributed by atoms with Gasteiger partial charge in [-0.05, 0) is 24.1 Å². The van der Waals surface area contributed by atoms with E-state index in [0.717, 1.165) is 17.5 Å². The van der Waals surface area contributed by atoms with Crippen molar-refractivity contribution in [1.29, 1.82) is 0 Å². The number of benzene rings is 1. The minimum Gasteiger partial charge on any atom is -0.340 e. The molecular formula is C19H26FN5O2. The lowest BCUT2D eigenvalue weighted by atomic mass is 10.1. The van der Waals surface area contributed by atoms with E-state index in [1.807, 2.05) is 20.2 Å². The summed E-state index contributed by atoms with van der Waals surface area (Å²) in [6.07, 6.45) is 4.86. The predicted octanol–water partition coefficient (Wildman–Crippen LogP) is 2.19. The Balaban J connectivity index is 1.89. The zero-order valence-corrected chi connectivity index (χ0v) is 15.9. The van der Waals surface area contributed by atoms with Crippen LogP contribution in [-0.2, 0) is 24.9 Å². The molecule has 0 bridgehead atoms. The normalized spacial score (nSPS) is 11.7. The molecule has 3 amide bonds. The molecule has 1 aromatic carbocycles. The van der Waals surface area contributed by atoms with E-state index in [1.54, 1.807) is 35.0 Å². The molecule has 1 unspecified atom stereocenters. The summed E-state index contributed by atoms with van der Waals surface area (Å²) in [5.41, 5.74) is 1.70. The fourth-order valence-corrected chi connectivity index (χ4v) is 2.71. The number of rotatable bonds is 8. The zero-order chi connectivity index (χ0) is 19.8. The van der Waals surface area contributed by atoms with Gasteiger partial charge >= 0.3 is 6.03 Å². The van der Waals surface area contributed by atoms with E-state index in [1.165, 1.54) is 12.1 Å². The fraction of sp³-hybridized carbons (Fsp3) is 0.421. The van der Waals surface area contributed by atoms with Gasteiger partial charge in [-0.2, -0.15) is 5.10 Å². The van der Waals surface area contributed by atoms with Crippen LogP contribution in [-0.4, -0.2) is 39.7 Å². The van der Waals surface area contributed by atoms with Gasteiger partial charge in [-0.25, -0.2) is 9.18 Å². The second kappa shape index (κ2) is 9.70. The molecule has 7 nitrogen and oxygen atoms in total. The maximum atomic E-state index is 12.9. The molecule has 0 saturated carbocycles. The molecule has 0 radical (unpaired) electrons. The third-order valence-electron chi connectivity index (χ3n) is 4.10.